The molecule has 0 saturated carbocycles. The van der Waals surface area contributed by atoms with Gasteiger partial charge < -0.3 is 20.6 Å². The van der Waals surface area contributed by atoms with Crippen LogP contribution in [0.25, 0.3) is 0 Å². The molecule has 1 heterocycles. The van der Waals surface area contributed by atoms with Gasteiger partial charge in [-0.2, -0.15) is 0 Å². The van der Waals surface area contributed by atoms with E-state index in [-0.39, 0.29) is 25.9 Å². The molecular weight excluding hydrogens is 258 g/mol. The van der Waals surface area contributed by atoms with Gasteiger partial charge in [0.25, 0.3) is 11.8 Å². The van der Waals surface area contributed by atoms with Crippen LogP contribution in [-0.4, -0.2) is 60.1 Å². The van der Waals surface area contributed by atoms with Crippen molar-refractivity contribution in [1.29, 1.82) is 0 Å². The van der Waals surface area contributed by atoms with Crippen LogP contribution in [0.3, 0.4) is 0 Å². The van der Waals surface area contributed by atoms with E-state index >= 15 is 0 Å². The van der Waals surface area contributed by atoms with Crippen molar-refractivity contribution in [3.05, 3.63) is 0 Å². The number of hydrogen-bond acceptors (Lipinski definition) is 7. The molecule has 1 rings (SSSR count). The molecule has 0 bridgehead atoms. The molecule has 19 heavy (non-hydrogen) atoms. The Labute approximate surface area is 108 Å². The van der Waals surface area contributed by atoms with Crippen LogP contribution in [0.4, 0.5) is 0 Å². The first kappa shape index (κ1) is 15.1. The van der Waals surface area contributed by atoms with Gasteiger partial charge in [0, 0.05) is 25.9 Å². The van der Waals surface area contributed by atoms with Gasteiger partial charge in [0.1, 0.15) is 0 Å². The van der Waals surface area contributed by atoms with Gasteiger partial charge in [-0.3, -0.25) is 14.4 Å². The van der Waals surface area contributed by atoms with Crippen LogP contribution >= 0.6 is 0 Å². The Morgan fingerprint density at radius 2 is 1.63 bits per heavy atom. The zero-order valence-corrected chi connectivity index (χ0v) is 10.2. The summed E-state index contributed by atoms with van der Waals surface area (Å²) in [4.78, 5) is 48.3. The first-order valence-corrected chi connectivity index (χ1v) is 5.70. The Balaban J connectivity index is 2.10. The number of aliphatic carboxylic acids is 1. The van der Waals surface area contributed by atoms with E-state index in [1.54, 1.807) is 0 Å². The van der Waals surface area contributed by atoms with Crippen molar-refractivity contribution in [1.82, 2.24) is 15.7 Å². The second kappa shape index (κ2) is 7.44. The van der Waals surface area contributed by atoms with E-state index in [2.05, 4.69) is 15.5 Å². The Hall–Kier alpha value is -2.00. The van der Waals surface area contributed by atoms with Crippen LogP contribution in [0.15, 0.2) is 0 Å². The van der Waals surface area contributed by atoms with Gasteiger partial charge in [0.05, 0.1) is 13.1 Å². The van der Waals surface area contributed by atoms with Crippen LogP contribution in [-0.2, 0) is 24.0 Å². The van der Waals surface area contributed by atoms with E-state index in [4.69, 9.17) is 5.11 Å². The predicted molar refractivity (Wildman–Crippen MR) is 60.6 cm³/mol. The van der Waals surface area contributed by atoms with Crippen molar-refractivity contribution in [3.8, 4) is 0 Å². The van der Waals surface area contributed by atoms with Crippen molar-refractivity contribution < 1.29 is 29.1 Å². The Morgan fingerprint density at radius 1 is 1.11 bits per heavy atom. The maximum Gasteiger partial charge on any atom is 0.346 e. The lowest BCUT2D eigenvalue weighted by Gasteiger charge is -2.12. The van der Waals surface area contributed by atoms with E-state index in [9.17, 15) is 19.2 Å². The fraction of sp³-hybridized carbons (Fsp3) is 0.600. The van der Waals surface area contributed by atoms with Crippen molar-refractivity contribution in [2.45, 2.75) is 12.8 Å². The monoisotopic (exact) mass is 273 g/mol. The lowest BCUT2D eigenvalue weighted by molar-refractivity contribution is -0.196. The molecule has 0 spiro atoms. The van der Waals surface area contributed by atoms with Gasteiger partial charge in [0.2, 0.25) is 0 Å². The fourth-order valence-corrected chi connectivity index (χ4v) is 1.35. The van der Waals surface area contributed by atoms with Crippen molar-refractivity contribution in [2.75, 3.05) is 26.2 Å². The molecule has 0 unspecified atom stereocenters. The highest BCUT2D eigenvalue weighted by Gasteiger charge is 2.32. The van der Waals surface area contributed by atoms with Gasteiger partial charge in [-0.25, -0.2) is 4.79 Å². The van der Waals surface area contributed by atoms with Gasteiger partial charge in [-0.1, -0.05) is 0 Å². The molecule has 106 valence electrons. The molecule has 0 aromatic heterocycles. The molecule has 9 heteroatoms. The number of amides is 2. The SMILES string of the molecule is O=C(O)CNCCNCC(=O)ON1C(=O)CCC1=O. The molecule has 0 aromatic carbocycles. The number of carboxylic acid groups (broad SMARTS) is 1. The minimum atomic E-state index is -0.967. The number of carbonyl (C=O) groups excluding carboxylic acids is 3. The average Bonchev–Trinajstić information content (AvgIpc) is 2.65. The molecule has 1 aliphatic rings. The number of nitrogens with zero attached hydrogens (tertiary/aromatic N) is 1. The molecule has 2 amide bonds. The lowest BCUT2D eigenvalue weighted by Crippen LogP contribution is -2.38. The van der Waals surface area contributed by atoms with Gasteiger partial charge >= 0.3 is 11.9 Å². The summed E-state index contributed by atoms with van der Waals surface area (Å²) in [6, 6.07) is 0. The minimum absolute atomic E-state index is 0.0542. The predicted octanol–water partition coefficient (Wildman–Crippen LogP) is -2.14. The molecule has 1 fully saturated rings. The molecule has 3 N–H and O–H groups in total. The van der Waals surface area contributed by atoms with E-state index in [0.29, 0.717) is 18.2 Å². The Morgan fingerprint density at radius 3 is 2.16 bits per heavy atom. The van der Waals surface area contributed by atoms with E-state index in [1.807, 2.05) is 0 Å². The summed E-state index contributed by atoms with van der Waals surface area (Å²) in [5.74, 6) is -2.77. The van der Waals surface area contributed by atoms with Crippen LogP contribution in [0, 0.1) is 0 Å². The summed E-state index contributed by atoms with van der Waals surface area (Å²) in [6.07, 6.45) is 0.108. The number of hydrogen-bond donors (Lipinski definition) is 3. The van der Waals surface area contributed by atoms with E-state index < -0.39 is 23.8 Å². The summed E-state index contributed by atoms with van der Waals surface area (Å²) in [7, 11) is 0. The van der Waals surface area contributed by atoms with Gasteiger partial charge in [-0.15, -0.1) is 5.06 Å². The van der Waals surface area contributed by atoms with Crippen molar-refractivity contribution in [3.63, 3.8) is 0 Å². The summed E-state index contributed by atoms with van der Waals surface area (Å²) < 4.78 is 0. The maximum atomic E-state index is 11.3. The largest absolute Gasteiger partial charge is 0.480 e. The number of nitrogens with one attached hydrogen (secondary N) is 2. The van der Waals surface area contributed by atoms with Gasteiger partial charge in [-0.05, 0) is 0 Å². The fourth-order valence-electron chi connectivity index (χ4n) is 1.35. The second-order valence-electron chi connectivity index (χ2n) is 3.79. The van der Waals surface area contributed by atoms with Gasteiger partial charge in [0.15, 0.2) is 0 Å². The number of hydroxylamine groups is 2. The van der Waals surface area contributed by atoms with Crippen LogP contribution < -0.4 is 10.6 Å². The first-order valence-electron chi connectivity index (χ1n) is 5.70. The molecule has 1 aliphatic heterocycles. The molecule has 0 aliphatic carbocycles. The summed E-state index contributed by atoms with van der Waals surface area (Å²) in [6.45, 7) is 0.375. The molecule has 1 saturated heterocycles. The third kappa shape index (κ3) is 5.44. The number of carbonyl (C=O) groups is 4. The Bertz CT molecular complexity index is 367. The first-order chi connectivity index (χ1) is 9.00. The average molecular weight is 273 g/mol. The quantitative estimate of drug-likeness (QED) is 0.338. The normalized spacial score (nSPS) is 14.8. The number of rotatable bonds is 8. The van der Waals surface area contributed by atoms with Crippen LogP contribution in [0.5, 0.6) is 0 Å². The maximum absolute atomic E-state index is 11.3. The number of imide groups is 1. The van der Waals surface area contributed by atoms with E-state index in [0.717, 1.165) is 0 Å². The molecule has 0 radical (unpaired) electrons. The minimum Gasteiger partial charge on any atom is -0.480 e. The van der Waals surface area contributed by atoms with Crippen molar-refractivity contribution in [2.24, 2.45) is 0 Å². The van der Waals surface area contributed by atoms with E-state index in [1.165, 1.54) is 0 Å². The highest BCUT2D eigenvalue weighted by molar-refractivity contribution is 6.01. The summed E-state index contributed by atoms with van der Waals surface area (Å²) >= 11 is 0. The van der Waals surface area contributed by atoms with Crippen LogP contribution in [0.2, 0.25) is 0 Å². The molecule has 0 atom stereocenters. The topological polar surface area (TPSA) is 125 Å². The number of carboxylic acids is 1. The highest BCUT2D eigenvalue weighted by atomic mass is 16.7. The lowest BCUT2D eigenvalue weighted by atomic mass is 10.4. The zero-order valence-electron chi connectivity index (χ0n) is 10.2. The Kier molecular flexibility index (Phi) is 5.90. The standard InChI is InChI=1S/C10H15N3O6/c14-7-1-2-8(15)13(7)19-10(18)6-12-4-3-11-5-9(16)17/h11-12H,1-6H2,(H,16,17). The summed E-state index contributed by atoms with van der Waals surface area (Å²) in [5, 5.41) is 14.1. The third-order valence-corrected chi connectivity index (χ3v) is 2.22. The molecule has 9 nitrogen and oxygen atoms in total. The third-order valence-electron chi connectivity index (χ3n) is 2.22. The smallest absolute Gasteiger partial charge is 0.346 e. The molecule has 0 aromatic rings. The van der Waals surface area contributed by atoms with Crippen molar-refractivity contribution >= 4 is 23.8 Å². The van der Waals surface area contributed by atoms with Crippen LogP contribution in [0.1, 0.15) is 12.8 Å². The molecular formula is C10H15N3O6. The second-order valence-corrected chi connectivity index (χ2v) is 3.79. The summed E-state index contributed by atoms with van der Waals surface area (Å²) in [5.41, 5.74) is 0. The zero-order chi connectivity index (χ0) is 14.3. The highest BCUT2D eigenvalue weighted by Crippen LogP contribution is 2.11.